The van der Waals surface area contributed by atoms with Crippen LogP contribution < -0.4 is 10.1 Å². The fourth-order valence-corrected chi connectivity index (χ4v) is 1.88. The van der Waals surface area contributed by atoms with Crippen LogP contribution in [0.1, 0.15) is 37.7 Å². The SMILES string of the molecule is Cc1ccc(F)c(OCc2occc2CNC(C)(C)C)c1. The maximum atomic E-state index is 13.6. The molecule has 0 aliphatic carbocycles. The Morgan fingerprint density at radius 1 is 1.24 bits per heavy atom. The molecule has 0 saturated carbocycles. The Morgan fingerprint density at radius 2 is 2.00 bits per heavy atom. The molecular weight excluding hydrogens is 269 g/mol. The third-order valence-corrected chi connectivity index (χ3v) is 3.09. The predicted molar refractivity (Wildman–Crippen MR) is 80.8 cm³/mol. The summed E-state index contributed by atoms with van der Waals surface area (Å²) < 4.78 is 24.6. The second kappa shape index (κ2) is 6.31. The Bertz CT molecular complexity index is 599. The Hall–Kier alpha value is -1.81. The van der Waals surface area contributed by atoms with E-state index in [0.29, 0.717) is 12.3 Å². The largest absolute Gasteiger partial charge is 0.483 e. The molecule has 2 rings (SSSR count). The van der Waals surface area contributed by atoms with Crippen molar-refractivity contribution in [3.63, 3.8) is 0 Å². The number of hydrogen-bond donors (Lipinski definition) is 1. The highest BCUT2D eigenvalue weighted by Crippen LogP contribution is 2.21. The molecule has 0 unspecified atom stereocenters. The fourth-order valence-electron chi connectivity index (χ4n) is 1.88. The summed E-state index contributed by atoms with van der Waals surface area (Å²) in [5.74, 6) is 0.607. The van der Waals surface area contributed by atoms with Crippen LogP contribution in [0.15, 0.2) is 34.9 Å². The molecule has 0 atom stereocenters. The second-order valence-corrected chi connectivity index (χ2v) is 6.20. The van der Waals surface area contributed by atoms with E-state index >= 15 is 0 Å². The maximum absolute atomic E-state index is 13.6. The molecule has 4 heteroatoms. The van der Waals surface area contributed by atoms with Gasteiger partial charge in [-0.3, -0.25) is 0 Å². The average molecular weight is 291 g/mol. The molecule has 3 nitrogen and oxygen atoms in total. The van der Waals surface area contributed by atoms with E-state index in [1.165, 1.54) is 6.07 Å². The monoisotopic (exact) mass is 291 g/mol. The summed E-state index contributed by atoms with van der Waals surface area (Å²) in [4.78, 5) is 0. The minimum atomic E-state index is -0.360. The molecule has 0 radical (unpaired) electrons. The molecule has 1 aromatic carbocycles. The topological polar surface area (TPSA) is 34.4 Å². The van der Waals surface area contributed by atoms with Crippen molar-refractivity contribution in [2.24, 2.45) is 0 Å². The number of halogens is 1. The van der Waals surface area contributed by atoms with Crippen molar-refractivity contribution in [3.05, 3.63) is 53.2 Å². The average Bonchev–Trinajstić information content (AvgIpc) is 2.84. The number of hydrogen-bond acceptors (Lipinski definition) is 3. The van der Waals surface area contributed by atoms with Crippen molar-refractivity contribution in [2.75, 3.05) is 0 Å². The van der Waals surface area contributed by atoms with Crippen molar-refractivity contribution < 1.29 is 13.5 Å². The Balaban J connectivity index is 2.01. The van der Waals surface area contributed by atoms with Crippen molar-refractivity contribution in [3.8, 4) is 5.75 Å². The van der Waals surface area contributed by atoms with Crippen LogP contribution in [0.25, 0.3) is 0 Å². The highest BCUT2D eigenvalue weighted by atomic mass is 19.1. The van der Waals surface area contributed by atoms with Gasteiger partial charge in [-0.1, -0.05) is 6.07 Å². The van der Waals surface area contributed by atoms with E-state index in [4.69, 9.17) is 9.15 Å². The van der Waals surface area contributed by atoms with Crippen LogP contribution in [-0.2, 0) is 13.2 Å². The third kappa shape index (κ3) is 4.60. The Kier molecular flexibility index (Phi) is 4.68. The lowest BCUT2D eigenvalue weighted by Gasteiger charge is -2.20. The smallest absolute Gasteiger partial charge is 0.165 e. The van der Waals surface area contributed by atoms with Gasteiger partial charge in [0.1, 0.15) is 12.4 Å². The zero-order valence-electron chi connectivity index (χ0n) is 13.0. The fraction of sp³-hybridized carbons (Fsp3) is 0.412. The van der Waals surface area contributed by atoms with Gasteiger partial charge in [0.05, 0.1) is 6.26 Å². The van der Waals surface area contributed by atoms with E-state index in [0.717, 1.165) is 11.1 Å². The Labute approximate surface area is 125 Å². The first kappa shape index (κ1) is 15.6. The first-order valence-corrected chi connectivity index (χ1v) is 7.04. The zero-order chi connectivity index (χ0) is 15.5. The van der Waals surface area contributed by atoms with Gasteiger partial charge in [-0.2, -0.15) is 0 Å². The third-order valence-electron chi connectivity index (χ3n) is 3.09. The van der Waals surface area contributed by atoms with Gasteiger partial charge < -0.3 is 14.5 Å². The first-order valence-electron chi connectivity index (χ1n) is 7.04. The van der Waals surface area contributed by atoms with Crippen molar-refractivity contribution >= 4 is 0 Å². The van der Waals surface area contributed by atoms with E-state index in [1.54, 1.807) is 18.4 Å². The van der Waals surface area contributed by atoms with Crippen molar-refractivity contribution in [1.82, 2.24) is 5.32 Å². The van der Waals surface area contributed by atoms with Crippen molar-refractivity contribution in [2.45, 2.75) is 46.4 Å². The number of furan rings is 1. The predicted octanol–water partition coefficient (Wildman–Crippen LogP) is 4.19. The lowest BCUT2D eigenvalue weighted by molar-refractivity contribution is 0.256. The summed E-state index contributed by atoms with van der Waals surface area (Å²) in [6, 6.07) is 6.72. The van der Waals surface area contributed by atoms with Gasteiger partial charge in [0.25, 0.3) is 0 Å². The summed E-state index contributed by atoms with van der Waals surface area (Å²) in [6.45, 7) is 9.11. The zero-order valence-corrected chi connectivity index (χ0v) is 13.0. The first-order chi connectivity index (χ1) is 9.85. The van der Waals surface area contributed by atoms with E-state index in [-0.39, 0.29) is 23.7 Å². The van der Waals surface area contributed by atoms with Gasteiger partial charge in [0.2, 0.25) is 0 Å². The number of benzene rings is 1. The summed E-state index contributed by atoms with van der Waals surface area (Å²) in [7, 11) is 0. The minimum absolute atomic E-state index is 0.0258. The van der Waals surface area contributed by atoms with E-state index in [1.807, 2.05) is 13.0 Å². The van der Waals surface area contributed by atoms with Gasteiger partial charge in [0.15, 0.2) is 11.6 Å². The van der Waals surface area contributed by atoms with E-state index in [2.05, 4.69) is 26.1 Å². The molecule has 114 valence electrons. The molecule has 0 aliphatic rings. The molecule has 0 amide bonds. The molecule has 2 aromatic rings. The highest BCUT2D eigenvalue weighted by Gasteiger charge is 2.13. The van der Waals surface area contributed by atoms with Crippen LogP contribution in [0.2, 0.25) is 0 Å². The molecular formula is C17H22FNO2. The van der Waals surface area contributed by atoms with Gasteiger partial charge >= 0.3 is 0 Å². The second-order valence-electron chi connectivity index (χ2n) is 6.20. The molecule has 1 aromatic heterocycles. The van der Waals surface area contributed by atoms with Gasteiger partial charge in [0, 0.05) is 17.6 Å². The van der Waals surface area contributed by atoms with Crippen LogP contribution in [0.5, 0.6) is 5.75 Å². The van der Waals surface area contributed by atoms with Gasteiger partial charge in [-0.05, 0) is 51.5 Å². The van der Waals surface area contributed by atoms with E-state index < -0.39 is 0 Å². The summed E-state index contributed by atoms with van der Waals surface area (Å²) in [5.41, 5.74) is 2.01. The normalized spacial score (nSPS) is 11.7. The van der Waals surface area contributed by atoms with Crippen LogP contribution in [-0.4, -0.2) is 5.54 Å². The van der Waals surface area contributed by atoms with Crippen LogP contribution in [0, 0.1) is 12.7 Å². The molecule has 0 aliphatic heterocycles. The number of rotatable bonds is 5. The number of aryl methyl sites for hydroxylation is 1. The molecule has 1 heterocycles. The molecule has 1 N–H and O–H groups in total. The molecule has 0 spiro atoms. The summed E-state index contributed by atoms with van der Waals surface area (Å²) in [5, 5.41) is 3.39. The van der Waals surface area contributed by atoms with Gasteiger partial charge in [-0.15, -0.1) is 0 Å². The maximum Gasteiger partial charge on any atom is 0.165 e. The molecule has 21 heavy (non-hydrogen) atoms. The van der Waals surface area contributed by atoms with Crippen LogP contribution >= 0.6 is 0 Å². The van der Waals surface area contributed by atoms with Crippen LogP contribution in [0.3, 0.4) is 0 Å². The highest BCUT2D eigenvalue weighted by molar-refractivity contribution is 5.29. The number of ether oxygens (including phenoxy) is 1. The minimum Gasteiger partial charge on any atom is -0.483 e. The van der Waals surface area contributed by atoms with Gasteiger partial charge in [-0.25, -0.2) is 4.39 Å². The summed E-state index contributed by atoms with van der Waals surface area (Å²) in [6.07, 6.45) is 1.63. The molecule has 0 bridgehead atoms. The standard InChI is InChI=1S/C17H22FNO2/c1-12-5-6-14(18)15(9-12)21-11-16-13(7-8-20-16)10-19-17(2,3)4/h5-9,19H,10-11H2,1-4H3. The molecule has 0 fully saturated rings. The van der Waals surface area contributed by atoms with E-state index in [9.17, 15) is 4.39 Å². The quantitative estimate of drug-likeness (QED) is 0.896. The van der Waals surface area contributed by atoms with Crippen LogP contribution in [0.4, 0.5) is 4.39 Å². The number of nitrogens with one attached hydrogen (secondary N) is 1. The lowest BCUT2D eigenvalue weighted by Crippen LogP contribution is -2.35. The lowest BCUT2D eigenvalue weighted by atomic mass is 10.1. The molecule has 0 saturated heterocycles. The van der Waals surface area contributed by atoms with Crippen molar-refractivity contribution in [1.29, 1.82) is 0 Å². The Morgan fingerprint density at radius 3 is 2.71 bits per heavy atom. The summed E-state index contributed by atoms with van der Waals surface area (Å²) >= 11 is 0.